The number of aryl methyl sites for hydroxylation is 1. The molecule has 0 amide bonds. The smallest absolute Gasteiger partial charge is 0.0725 e. The summed E-state index contributed by atoms with van der Waals surface area (Å²) >= 11 is 0. The van der Waals surface area contributed by atoms with Gasteiger partial charge in [-0.1, -0.05) is 36.4 Å². The Bertz CT molecular complexity index is 380. The van der Waals surface area contributed by atoms with Gasteiger partial charge in [0.15, 0.2) is 0 Å². The van der Waals surface area contributed by atoms with Gasteiger partial charge in [0.1, 0.15) is 0 Å². The largest absolute Gasteiger partial charge is 0.197 e. The average molecular weight is 185 g/mol. The predicted octanol–water partition coefficient (Wildman–Crippen LogP) is 3.56. The first-order valence-corrected chi connectivity index (χ1v) is 4.71. The Morgan fingerprint density at radius 2 is 1.93 bits per heavy atom. The number of nitrogens with zero attached hydrogens (tertiary/aromatic N) is 1. The van der Waals surface area contributed by atoms with Gasteiger partial charge in [0.2, 0.25) is 0 Å². The van der Waals surface area contributed by atoms with E-state index >= 15 is 0 Å². The second-order valence-electron chi connectivity index (χ2n) is 4.02. The van der Waals surface area contributed by atoms with Crippen LogP contribution in [0.5, 0.6) is 0 Å². The first-order chi connectivity index (χ1) is 6.55. The first kappa shape index (κ1) is 10.5. The number of nitriles is 1. The van der Waals surface area contributed by atoms with E-state index in [9.17, 15) is 0 Å². The SMILES string of the molecule is Cc1ccccc1/C=C\C(C)(C)C#N. The fraction of sp³-hybridized carbons (Fsp3) is 0.308. The topological polar surface area (TPSA) is 23.8 Å². The molecule has 1 heteroatoms. The van der Waals surface area contributed by atoms with Crippen molar-refractivity contribution in [3.05, 3.63) is 41.5 Å². The number of hydrogen-bond acceptors (Lipinski definition) is 1. The van der Waals surface area contributed by atoms with Crippen LogP contribution in [0.1, 0.15) is 25.0 Å². The van der Waals surface area contributed by atoms with Crippen molar-refractivity contribution < 1.29 is 0 Å². The Morgan fingerprint density at radius 1 is 1.29 bits per heavy atom. The van der Waals surface area contributed by atoms with E-state index < -0.39 is 0 Å². The summed E-state index contributed by atoms with van der Waals surface area (Å²) in [4.78, 5) is 0. The van der Waals surface area contributed by atoms with Gasteiger partial charge in [0.05, 0.1) is 11.5 Å². The van der Waals surface area contributed by atoms with Gasteiger partial charge in [0, 0.05) is 0 Å². The second kappa shape index (κ2) is 4.11. The van der Waals surface area contributed by atoms with E-state index in [2.05, 4.69) is 25.1 Å². The third-order valence-electron chi connectivity index (χ3n) is 2.16. The van der Waals surface area contributed by atoms with Crippen molar-refractivity contribution in [2.24, 2.45) is 5.41 Å². The van der Waals surface area contributed by atoms with Crippen LogP contribution in [0.3, 0.4) is 0 Å². The minimum Gasteiger partial charge on any atom is -0.197 e. The van der Waals surface area contributed by atoms with Gasteiger partial charge >= 0.3 is 0 Å². The van der Waals surface area contributed by atoms with Crippen molar-refractivity contribution in [2.45, 2.75) is 20.8 Å². The highest BCUT2D eigenvalue weighted by Gasteiger charge is 2.10. The molecule has 0 saturated heterocycles. The van der Waals surface area contributed by atoms with E-state index in [1.54, 1.807) is 0 Å². The summed E-state index contributed by atoms with van der Waals surface area (Å²) in [6.07, 6.45) is 3.95. The summed E-state index contributed by atoms with van der Waals surface area (Å²) in [5.41, 5.74) is 2.02. The van der Waals surface area contributed by atoms with Crippen LogP contribution in [-0.4, -0.2) is 0 Å². The number of rotatable bonds is 2. The van der Waals surface area contributed by atoms with E-state index in [-0.39, 0.29) is 5.41 Å². The lowest BCUT2D eigenvalue weighted by Gasteiger charge is -2.08. The molecular formula is C13H15N. The quantitative estimate of drug-likeness (QED) is 0.691. The number of hydrogen-bond donors (Lipinski definition) is 0. The average Bonchev–Trinajstić information content (AvgIpc) is 2.17. The summed E-state index contributed by atoms with van der Waals surface area (Å²) in [6, 6.07) is 10.4. The molecule has 0 aromatic heterocycles. The Hall–Kier alpha value is -1.55. The summed E-state index contributed by atoms with van der Waals surface area (Å²) in [6.45, 7) is 5.88. The lowest BCUT2D eigenvalue weighted by molar-refractivity contribution is 0.647. The van der Waals surface area contributed by atoms with Crippen molar-refractivity contribution in [3.8, 4) is 6.07 Å². The zero-order valence-corrected chi connectivity index (χ0v) is 8.91. The molecule has 1 nitrogen and oxygen atoms in total. The van der Waals surface area contributed by atoms with E-state index in [0.29, 0.717) is 0 Å². The van der Waals surface area contributed by atoms with Crippen LogP contribution in [0, 0.1) is 23.7 Å². The molecule has 0 N–H and O–H groups in total. The van der Waals surface area contributed by atoms with Crippen LogP contribution in [0.4, 0.5) is 0 Å². The Labute approximate surface area is 85.7 Å². The lowest BCUT2D eigenvalue weighted by Crippen LogP contribution is -2.01. The summed E-state index contributed by atoms with van der Waals surface area (Å²) in [5.74, 6) is 0. The molecule has 1 rings (SSSR count). The first-order valence-electron chi connectivity index (χ1n) is 4.71. The molecule has 0 bridgehead atoms. The summed E-state index contributed by atoms with van der Waals surface area (Å²) in [7, 11) is 0. The van der Waals surface area contributed by atoms with Crippen molar-refractivity contribution in [2.75, 3.05) is 0 Å². The molecule has 0 aliphatic rings. The van der Waals surface area contributed by atoms with Crippen LogP contribution in [-0.2, 0) is 0 Å². The van der Waals surface area contributed by atoms with E-state index in [4.69, 9.17) is 5.26 Å². The van der Waals surface area contributed by atoms with Crippen LogP contribution < -0.4 is 0 Å². The molecule has 0 radical (unpaired) electrons. The highest BCUT2D eigenvalue weighted by molar-refractivity contribution is 5.54. The predicted molar refractivity (Wildman–Crippen MR) is 59.6 cm³/mol. The molecule has 0 atom stereocenters. The molecule has 0 heterocycles. The standard InChI is InChI=1S/C13H15N/c1-11-6-4-5-7-12(11)8-9-13(2,3)10-14/h4-9H,1-3H3/b9-8-. The van der Waals surface area contributed by atoms with Gasteiger partial charge < -0.3 is 0 Å². The number of allylic oxidation sites excluding steroid dienone is 1. The third kappa shape index (κ3) is 2.74. The molecule has 0 fully saturated rings. The molecular weight excluding hydrogens is 170 g/mol. The van der Waals surface area contributed by atoms with E-state index in [0.717, 1.165) is 0 Å². The van der Waals surface area contributed by atoms with Gasteiger partial charge in [-0.15, -0.1) is 0 Å². The lowest BCUT2D eigenvalue weighted by atomic mass is 9.94. The summed E-state index contributed by atoms with van der Waals surface area (Å²) < 4.78 is 0. The van der Waals surface area contributed by atoms with E-state index in [1.165, 1.54) is 11.1 Å². The van der Waals surface area contributed by atoms with Gasteiger partial charge in [0.25, 0.3) is 0 Å². The normalized spacial score (nSPS) is 11.6. The highest BCUT2D eigenvalue weighted by Crippen LogP contribution is 2.18. The molecule has 72 valence electrons. The molecule has 0 aliphatic carbocycles. The Kier molecular flexibility index (Phi) is 3.09. The monoisotopic (exact) mass is 185 g/mol. The minimum absolute atomic E-state index is 0.387. The second-order valence-corrected chi connectivity index (χ2v) is 4.02. The Balaban J connectivity index is 2.91. The molecule has 14 heavy (non-hydrogen) atoms. The molecule has 1 aromatic carbocycles. The van der Waals surface area contributed by atoms with Gasteiger partial charge in [-0.25, -0.2) is 0 Å². The van der Waals surface area contributed by atoms with Crippen molar-refractivity contribution in [1.29, 1.82) is 5.26 Å². The maximum atomic E-state index is 8.84. The summed E-state index contributed by atoms with van der Waals surface area (Å²) in [5, 5.41) is 8.84. The highest BCUT2D eigenvalue weighted by atomic mass is 14.3. The van der Waals surface area contributed by atoms with Crippen LogP contribution >= 0.6 is 0 Å². The Morgan fingerprint density at radius 3 is 2.50 bits per heavy atom. The molecule has 0 aliphatic heterocycles. The maximum absolute atomic E-state index is 8.84. The van der Waals surface area contributed by atoms with Gasteiger partial charge in [-0.2, -0.15) is 5.26 Å². The van der Waals surface area contributed by atoms with Crippen LogP contribution in [0.25, 0.3) is 6.08 Å². The molecule has 1 aromatic rings. The van der Waals surface area contributed by atoms with Crippen molar-refractivity contribution in [3.63, 3.8) is 0 Å². The fourth-order valence-electron chi connectivity index (χ4n) is 1.11. The van der Waals surface area contributed by atoms with Gasteiger partial charge in [-0.3, -0.25) is 0 Å². The fourth-order valence-corrected chi connectivity index (χ4v) is 1.11. The molecule has 0 saturated carbocycles. The van der Waals surface area contributed by atoms with Gasteiger partial charge in [-0.05, 0) is 31.9 Å². The van der Waals surface area contributed by atoms with Crippen LogP contribution in [0.15, 0.2) is 30.3 Å². The van der Waals surface area contributed by atoms with E-state index in [1.807, 2.05) is 38.1 Å². The number of benzene rings is 1. The zero-order valence-electron chi connectivity index (χ0n) is 8.91. The minimum atomic E-state index is -0.387. The molecule has 0 unspecified atom stereocenters. The van der Waals surface area contributed by atoms with Crippen molar-refractivity contribution >= 4 is 6.08 Å². The maximum Gasteiger partial charge on any atom is 0.0725 e. The zero-order chi connectivity index (χ0) is 10.6. The molecule has 0 spiro atoms. The van der Waals surface area contributed by atoms with Crippen LogP contribution in [0.2, 0.25) is 0 Å². The third-order valence-corrected chi connectivity index (χ3v) is 2.16. The van der Waals surface area contributed by atoms with Crippen molar-refractivity contribution in [1.82, 2.24) is 0 Å².